The van der Waals surface area contributed by atoms with Crippen LogP contribution in [0.4, 0.5) is 17.1 Å². The summed E-state index contributed by atoms with van der Waals surface area (Å²) in [5, 5.41) is 4.25. The van der Waals surface area contributed by atoms with Crippen LogP contribution in [-0.2, 0) is 5.41 Å². The summed E-state index contributed by atoms with van der Waals surface area (Å²) in [5.74, 6) is 0. The molecular weight excluding hydrogens is 707 g/mol. The van der Waals surface area contributed by atoms with Crippen molar-refractivity contribution in [2.75, 3.05) is 4.90 Å². The van der Waals surface area contributed by atoms with E-state index in [2.05, 4.69) is 193 Å². The third kappa shape index (κ3) is 4.12. The first kappa shape index (κ1) is 31.6. The summed E-state index contributed by atoms with van der Waals surface area (Å²) in [7, 11) is 0. The number of rotatable bonds is 4. The molecule has 0 saturated carbocycles. The number of para-hydroxylation sites is 3. The Hall–Kier alpha value is -7.62. The number of anilines is 3. The molecule has 1 spiro atoms. The molecule has 3 nitrogen and oxygen atoms in total. The maximum atomic E-state index is 6.91. The molecule has 58 heavy (non-hydrogen) atoms. The van der Waals surface area contributed by atoms with Crippen LogP contribution in [0.1, 0.15) is 22.3 Å². The number of nitrogens with zero attached hydrogens (tertiary/aromatic N) is 1. The summed E-state index contributed by atoms with van der Waals surface area (Å²) in [6.07, 6.45) is 0. The molecule has 0 atom stereocenters. The van der Waals surface area contributed by atoms with Crippen molar-refractivity contribution in [3.05, 3.63) is 222 Å². The lowest BCUT2D eigenvalue weighted by atomic mass is 9.70. The predicted molar refractivity (Wildman–Crippen MR) is 237 cm³/mol. The minimum atomic E-state index is -0.429. The molecule has 9 aromatic carbocycles. The maximum Gasteiger partial charge on any atom is 0.147 e. The molecule has 2 aliphatic rings. The van der Waals surface area contributed by atoms with Gasteiger partial charge in [-0.1, -0.05) is 146 Å². The zero-order valence-electron chi connectivity index (χ0n) is 31.3. The molecule has 2 aromatic heterocycles. The van der Waals surface area contributed by atoms with Crippen LogP contribution >= 0.6 is 0 Å². The van der Waals surface area contributed by atoms with Crippen molar-refractivity contribution >= 4 is 60.9 Å². The van der Waals surface area contributed by atoms with Crippen LogP contribution in [-0.4, -0.2) is 0 Å². The smallest absolute Gasteiger partial charge is 0.147 e. The summed E-state index contributed by atoms with van der Waals surface area (Å²) in [6, 6.07) is 72.5. The van der Waals surface area contributed by atoms with E-state index in [4.69, 9.17) is 8.83 Å². The van der Waals surface area contributed by atoms with Gasteiger partial charge in [-0.05, 0) is 105 Å². The molecule has 0 bridgehead atoms. The highest BCUT2D eigenvalue weighted by atomic mass is 16.3. The summed E-state index contributed by atoms with van der Waals surface area (Å²) in [6.45, 7) is 0. The highest BCUT2D eigenvalue weighted by Crippen LogP contribution is 2.63. The normalized spacial score (nSPS) is 13.3. The van der Waals surface area contributed by atoms with Crippen LogP contribution in [0.2, 0.25) is 0 Å². The molecule has 0 aliphatic heterocycles. The second-order valence-electron chi connectivity index (χ2n) is 15.5. The van der Waals surface area contributed by atoms with Gasteiger partial charge < -0.3 is 13.7 Å². The molecule has 11 aromatic rings. The van der Waals surface area contributed by atoms with Crippen molar-refractivity contribution in [3.8, 4) is 33.4 Å². The molecular formula is C55H33NO2. The van der Waals surface area contributed by atoms with Crippen molar-refractivity contribution < 1.29 is 8.83 Å². The first-order chi connectivity index (χ1) is 28.8. The second-order valence-corrected chi connectivity index (χ2v) is 15.5. The summed E-state index contributed by atoms with van der Waals surface area (Å²) < 4.78 is 13.1. The van der Waals surface area contributed by atoms with Gasteiger partial charge >= 0.3 is 0 Å². The van der Waals surface area contributed by atoms with Crippen molar-refractivity contribution in [1.29, 1.82) is 0 Å². The zero-order valence-corrected chi connectivity index (χ0v) is 31.3. The van der Waals surface area contributed by atoms with Gasteiger partial charge in [0.2, 0.25) is 0 Å². The Bertz CT molecular complexity index is 3420. The third-order valence-corrected chi connectivity index (χ3v) is 12.7. The standard InChI is InChI=1S/C55H33NO2/c1-2-15-35(16-3-1)56(37-28-29-42-41-20-6-10-26-48(41)55(49(42)33-37)46-24-8-4-18-39(46)40-19-5-9-25-47(40)55)36-17-12-14-34(32-36)38-22-13-23-43-44-30-31-51-52(54(44)58-53(38)43)45-21-7-11-27-50(45)57-51/h1-33H. The van der Waals surface area contributed by atoms with E-state index in [0.717, 1.165) is 72.1 Å². The monoisotopic (exact) mass is 739 g/mol. The minimum Gasteiger partial charge on any atom is -0.456 e. The van der Waals surface area contributed by atoms with Gasteiger partial charge in [0.15, 0.2) is 0 Å². The molecule has 270 valence electrons. The number of benzene rings is 9. The number of hydrogen-bond donors (Lipinski definition) is 0. The number of furan rings is 2. The van der Waals surface area contributed by atoms with Gasteiger partial charge in [0.25, 0.3) is 0 Å². The van der Waals surface area contributed by atoms with Crippen LogP contribution in [0.3, 0.4) is 0 Å². The minimum absolute atomic E-state index is 0.429. The lowest BCUT2D eigenvalue weighted by Crippen LogP contribution is -2.26. The Morgan fingerprint density at radius 2 is 0.897 bits per heavy atom. The molecule has 2 aliphatic carbocycles. The molecule has 0 N–H and O–H groups in total. The Balaban J connectivity index is 1.02. The fraction of sp³-hybridized carbons (Fsp3) is 0.0182. The van der Waals surface area contributed by atoms with Crippen LogP contribution in [0.25, 0.3) is 77.3 Å². The molecule has 0 radical (unpaired) electrons. The van der Waals surface area contributed by atoms with E-state index < -0.39 is 5.41 Å². The average molecular weight is 740 g/mol. The van der Waals surface area contributed by atoms with E-state index in [1.165, 1.54) is 44.5 Å². The van der Waals surface area contributed by atoms with Gasteiger partial charge in [-0.2, -0.15) is 0 Å². The first-order valence-electron chi connectivity index (χ1n) is 19.9. The summed E-state index contributed by atoms with van der Waals surface area (Å²) in [4.78, 5) is 2.40. The van der Waals surface area contributed by atoms with Crippen molar-refractivity contribution in [1.82, 2.24) is 0 Å². The number of fused-ring (bicyclic) bond motifs is 17. The van der Waals surface area contributed by atoms with Crippen molar-refractivity contribution in [3.63, 3.8) is 0 Å². The van der Waals surface area contributed by atoms with Gasteiger partial charge in [0.1, 0.15) is 22.3 Å². The molecule has 0 saturated heterocycles. The van der Waals surface area contributed by atoms with Gasteiger partial charge in [0, 0.05) is 38.8 Å². The quantitative estimate of drug-likeness (QED) is 0.180. The van der Waals surface area contributed by atoms with Gasteiger partial charge in [-0.3, -0.25) is 0 Å². The Morgan fingerprint density at radius 1 is 0.328 bits per heavy atom. The van der Waals surface area contributed by atoms with E-state index in [9.17, 15) is 0 Å². The van der Waals surface area contributed by atoms with Gasteiger partial charge in [-0.25, -0.2) is 0 Å². The SMILES string of the molecule is c1ccc(N(c2cccc(-c3cccc4c3oc3c4ccc4oc5ccccc5c43)c2)c2ccc3c(c2)C2(c4ccccc4-c4ccccc42)c2ccccc2-3)cc1. The van der Waals surface area contributed by atoms with E-state index in [1.807, 2.05) is 12.1 Å². The van der Waals surface area contributed by atoms with Gasteiger partial charge in [-0.15, -0.1) is 0 Å². The molecule has 13 rings (SSSR count). The van der Waals surface area contributed by atoms with E-state index in [-0.39, 0.29) is 0 Å². The summed E-state index contributed by atoms with van der Waals surface area (Å²) >= 11 is 0. The molecule has 0 fully saturated rings. The predicted octanol–water partition coefficient (Wildman–Crippen LogP) is 15.0. The van der Waals surface area contributed by atoms with E-state index >= 15 is 0 Å². The highest BCUT2D eigenvalue weighted by Gasteiger charge is 2.51. The van der Waals surface area contributed by atoms with E-state index in [0.29, 0.717) is 0 Å². The average Bonchev–Trinajstić information content (AvgIpc) is 4.02. The van der Waals surface area contributed by atoms with Crippen molar-refractivity contribution in [2.45, 2.75) is 5.41 Å². The lowest BCUT2D eigenvalue weighted by molar-refractivity contribution is 0.663. The second kappa shape index (κ2) is 11.7. The van der Waals surface area contributed by atoms with E-state index in [1.54, 1.807) is 0 Å². The van der Waals surface area contributed by atoms with Crippen LogP contribution in [0, 0.1) is 0 Å². The van der Waals surface area contributed by atoms with Crippen molar-refractivity contribution in [2.24, 2.45) is 0 Å². The highest BCUT2D eigenvalue weighted by molar-refractivity contribution is 6.23. The molecule has 2 heterocycles. The molecule has 0 unspecified atom stereocenters. The first-order valence-corrected chi connectivity index (χ1v) is 19.9. The third-order valence-electron chi connectivity index (χ3n) is 12.7. The molecule has 0 amide bonds. The fourth-order valence-electron chi connectivity index (χ4n) is 10.4. The largest absolute Gasteiger partial charge is 0.456 e. The topological polar surface area (TPSA) is 29.5 Å². The van der Waals surface area contributed by atoms with Crippen LogP contribution in [0.15, 0.2) is 209 Å². The van der Waals surface area contributed by atoms with Crippen LogP contribution < -0.4 is 4.90 Å². The lowest BCUT2D eigenvalue weighted by Gasteiger charge is -2.32. The fourth-order valence-corrected chi connectivity index (χ4v) is 10.4. The van der Waals surface area contributed by atoms with Gasteiger partial charge in [0.05, 0.1) is 10.8 Å². The Kier molecular flexibility index (Phi) is 6.37. The zero-order chi connectivity index (χ0) is 38.0. The Labute approximate surface area is 334 Å². The maximum absolute atomic E-state index is 6.91. The Morgan fingerprint density at radius 3 is 1.66 bits per heavy atom. The molecule has 3 heteroatoms. The summed E-state index contributed by atoms with van der Waals surface area (Å²) in [5.41, 5.74) is 18.9. The van der Waals surface area contributed by atoms with Crippen LogP contribution in [0.5, 0.6) is 0 Å². The number of hydrogen-bond acceptors (Lipinski definition) is 3.